The van der Waals surface area contributed by atoms with Gasteiger partial charge in [0.15, 0.2) is 11.5 Å². The minimum absolute atomic E-state index is 0.241. The maximum Gasteiger partial charge on any atom is 0.251 e. The van der Waals surface area contributed by atoms with Crippen molar-refractivity contribution in [3.63, 3.8) is 0 Å². The van der Waals surface area contributed by atoms with Crippen LogP contribution in [0.4, 0.5) is 0 Å². The molecular formula is C11H12ClNO3. The van der Waals surface area contributed by atoms with E-state index in [2.05, 4.69) is 5.32 Å². The fourth-order valence-electron chi connectivity index (χ4n) is 1.42. The number of alkyl halides is 1. The number of rotatable bonds is 3. The highest BCUT2D eigenvalue weighted by atomic mass is 35.5. The molecule has 0 heterocycles. The lowest BCUT2D eigenvalue weighted by Gasteiger charge is -2.14. The summed E-state index contributed by atoms with van der Waals surface area (Å²) < 4.78 is 0. The predicted octanol–water partition coefficient (Wildman–Crippen LogP) is 1.60. The van der Waals surface area contributed by atoms with E-state index in [1.54, 1.807) is 0 Å². The van der Waals surface area contributed by atoms with Crippen molar-refractivity contribution in [1.82, 2.24) is 5.32 Å². The van der Waals surface area contributed by atoms with Gasteiger partial charge in [0.05, 0.1) is 5.54 Å². The van der Waals surface area contributed by atoms with Gasteiger partial charge in [0.1, 0.15) is 0 Å². The molecule has 2 rings (SSSR count). The van der Waals surface area contributed by atoms with E-state index in [9.17, 15) is 9.90 Å². The van der Waals surface area contributed by atoms with Crippen LogP contribution < -0.4 is 5.32 Å². The van der Waals surface area contributed by atoms with Gasteiger partial charge >= 0.3 is 0 Å². The van der Waals surface area contributed by atoms with Gasteiger partial charge in [0.2, 0.25) is 0 Å². The number of benzene rings is 1. The Bertz CT molecular complexity index is 429. The number of hydrogen-bond donors (Lipinski definition) is 3. The Kier molecular flexibility index (Phi) is 2.68. The Labute approximate surface area is 97.9 Å². The first kappa shape index (κ1) is 11.1. The van der Waals surface area contributed by atoms with Crippen LogP contribution in [0, 0.1) is 0 Å². The molecule has 3 N–H and O–H groups in total. The Morgan fingerprint density at radius 1 is 1.38 bits per heavy atom. The molecule has 4 nitrogen and oxygen atoms in total. The lowest BCUT2D eigenvalue weighted by molar-refractivity contribution is 0.0935. The highest BCUT2D eigenvalue weighted by Crippen LogP contribution is 2.36. The van der Waals surface area contributed by atoms with Gasteiger partial charge in [-0.05, 0) is 31.0 Å². The normalized spacial score (nSPS) is 16.8. The largest absolute Gasteiger partial charge is 0.504 e. The molecule has 0 unspecified atom stereocenters. The summed E-state index contributed by atoms with van der Waals surface area (Å²) in [6.07, 6.45) is 1.76. The molecule has 0 radical (unpaired) electrons. The van der Waals surface area contributed by atoms with Crippen LogP contribution in [0.25, 0.3) is 0 Å². The minimum Gasteiger partial charge on any atom is -0.504 e. The number of halogens is 1. The van der Waals surface area contributed by atoms with E-state index >= 15 is 0 Å². The highest BCUT2D eigenvalue weighted by molar-refractivity contribution is 6.19. The molecule has 86 valence electrons. The van der Waals surface area contributed by atoms with Crippen molar-refractivity contribution in [1.29, 1.82) is 0 Å². The average Bonchev–Trinajstić information content (AvgIpc) is 3.02. The molecule has 1 fully saturated rings. The fourth-order valence-corrected chi connectivity index (χ4v) is 1.75. The van der Waals surface area contributed by atoms with E-state index < -0.39 is 0 Å². The van der Waals surface area contributed by atoms with Crippen molar-refractivity contribution in [2.45, 2.75) is 18.4 Å². The topological polar surface area (TPSA) is 69.6 Å². The molecule has 0 saturated heterocycles. The summed E-state index contributed by atoms with van der Waals surface area (Å²) in [6, 6.07) is 3.97. The van der Waals surface area contributed by atoms with Crippen molar-refractivity contribution >= 4 is 17.5 Å². The zero-order chi connectivity index (χ0) is 11.8. The summed E-state index contributed by atoms with van der Waals surface area (Å²) in [6.45, 7) is 0. The van der Waals surface area contributed by atoms with Crippen LogP contribution in [0.3, 0.4) is 0 Å². The minimum atomic E-state index is -0.302. The first-order valence-corrected chi connectivity index (χ1v) is 5.50. The standard InChI is InChI=1S/C11H12ClNO3/c12-6-11(3-4-11)13-10(16)7-1-2-8(14)9(15)5-7/h1-2,5,14-15H,3-4,6H2,(H,13,16). The number of amides is 1. The van der Waals surface area contributed by atoms with Gasteiger partial charge in [-0.2, -0.15) is 0 Å². The average molecular weight is 242 g/mol. The maximum atomic E-state index is 11.8. The molecular weight excluding hydrogens is 230 g/mol. The monoisotopic (exact) mass is 241 g/mol. The molecule has 1 aromatic rings. The number of phenols is 2. The quantitative estimate of drug-likeness (QED) is 0.556. The van der Waals surface area contributed by atoms with Crippen LogP contribution >= 0.6 is 11.6 Å². The summed E-state index contributed by atoms with van der Waals surface area (Å²) in [7, 11) is 0. The summed E-state index contributed by atoms with van der Waals surface area (Å²) in [4.78, 5) is 11.8. The first-order chi connectivity index (χ1) is 7.56. The first-order valence-electron chi connectivity index (χ1n) is 4.97. The van der Waals surface area contributed by atoms with Crippen LogP contribution in [0.15, 0.2) is 18.2 Å². The maximum absolute atomic E-state index is 11.8. The van der Waals surface area contributed by atoms with Gasteiger partial charge in [0.25, 0.3) is 5.91 Å². The van der Waals surface area contributed by atoms with Crippen molar-refractivity contribution < 1.29 is 15.0 Å². The molecule has 1 aliphatic rings. The summed E-state index contributed by atoms with van der Waals surface area (Å²) in [5.41, 5.74) is 0.0401. The van der Waals surface area contributed by atoms with Crippen LogP contribution in [0.1, 0.15) is 23.2 Å². The SMILES string of the molecule is O=C(NC1(CCl)CC1)c1ccc(O)c(O)c1. The molecule has 0 bridgehead atoms. The van der Waals surface area contributed by atoms with E-state index in [0.29, 0.717) is 11.4 Å². The molecule has 0 atom stereocenters. The van der Waals surface area contributed by atoms with Gasteiger partial charge in [-0.1, -0.05) is 0 Å². The number of aromatic hydroxyl groups is 2. The Morgan fingerprint density at radius 3 is 2.56 bits per heavy atom. The third-order valence-corrected chi connectivity index (χ3v) is 3.24. The molecule has 1 aromatic carbocycles. The van der Waals surface area contributed by atoms with Crippen molar-refractivity contribution in [3.05, 3.63) is 23.8 Å². The second-order valence-electron chi connectivity index (χ2n) is 4.07. The van der Waals surface area contributed by atoms with Gasteiger partial charge in [-0.3, -0.25) is 4.79 Å². The Balaban J connectivity index is 2.12. The fraction of sp³-hybridized carbons (Fsp3) is 0.364. The number of carbonyl (C=O) groups is 1. The van der Waals surface area contributed by atoms with E-state index in [4.69, 9.17) is 16.7 Å². The smallest absolute Gasteiger partial charge is 0.251 e. The van der Waals surface area contributed by atoms with E-state index in [0.717, 1.165) is 12.8 Å². The zero-order valence-electron chi connectivity index (χ0n) is 8.53. The van der Waals surface area contributed by atoms with E-state index in [1.165, 1.54) is 18.2 Å². The lowest BCUT2D eigenvalue weighted by Crippen LogP contribution is -2.38. The highest BCUT2D eigenvalue weighted by Gasteiger charge is 2.43. The molecule has 0 spiro atoms. The van der Waals surface area contributed by atoms with Crippen molar-refractivity contribution in [2.75, 3.05) is 5.88 Å². The van der Waals surface area contributed by atoms with E-state index in [-0.39, 0.29) is 22.9 Å². The number of carbonyl (C=O) groups excluding carboxylic acids is 1. The van der Waals surface area contributed by atoms with E-state index in [1.807, 2.05) is 0 Å². The molecule has 0 aromatic heterocycles. The Hall–Kier alpha value is -1.42. The lowest BCUT2D eigenvalue weighted by atomic mass is 10.1. The summed E-state index contributed by atoms with van der Waals surface area (Å²) in [5, 5.41) is 21.2. The van der Waals surface area contributed by atoms with Gasteiger partial charge < -0.3 is 15.5 Å². The van der Waals surface area contributed by atoms with Crippen LogP contribution in [0.2, 0.25) is 0 Å². The molecule has 5 heteroatoms. The molecule has 1 saturated carbocycles. The number of nitrogens with one attached hydrogen (secondary N) is 1. The van der Waals surface area contributed by atoms with Crippen LogP contribution in [-0.4, -0.2) is 27.5 Å². The molecule has 1 aliphatic carbocycles. The second-order valence-corrected chi connectivity index (χ2v) is 4.34. The van der Waals surface area contributed by atoms with Gasteiger partial charge in [-0.25, -0.2) is 0 Å². The van der Waals surface area contributed by atoms with Gasteiger partial charge in [0, 0.05) is 11.4 Å². The molecule has 0 aliphatic heterocycles. The van der Waals surface area contributed by atoms with Crippen LogP contribution in [-0.2, 0) is 0 Å². The summed E-state index contributed by atoms with van der Waals surface area (Å²) >= 11 is 5.74. The van der Waals surface area contributed by atoms with Crippen molar-refractivity contribution in [3.8, 4) is 11.5 Å². The predicted molar refractivity (Wildman–Crippen MR) is 59.9 cm³/mol. The number of phenolic OH excluding ortho intramolecular Hbond substituents is 2. The molecule has 1 amide bonds. The van der Waals surface area contributed by atoms with Gasteiger partial charge in [-0.15, -0.1) is 11.6 Å². The molecule has 16 heavy (non-hydrogen) atoms. The Morgan fingerprint density at radius 2 is 2.06 bits per heavy atom. The third kappa shape index (κ3) is 2.07. The zero-order valence-corrected chi connectivity index (χ0v) is 9.29. The van der Waals surface area contributed by atoms with Crippen LogP contribution in [0.5, 0.6) is 11.5 Å². The number of hydrogen-bond acceptors (Lipinski definition) is 3. The third-order valence-electron chi connectivity index (χ3n) is 2.73. The summed E-state index contributed by atoms with van der Waals surface area (Å²) in [5.74, 6) is -0.435. The second kappa shape index (κ2) is 3.87. The van der Waals surface area contributed by atoms with Crippen molar-refractivity contribution in [2.24, 2.45) is 0 Å².